The number of rotatable bonds is 7. The van der Waals surface area contributed by atoms with Crippen molar-refractivity contribution in [2.75, 3.05) is 12.3 Å². The summed E-state index contributed by atoms with van der Waals surface area (Å²) < 4.78 is 53.0. The van der Waals surface area contributed by atoms with Crippen LogP contribution in [0.2, 0.25) is 0 Å². The van der Waals surface area contributed by atoms with Crippen LogP contribution in [0.5, 0.6) is 0 Å². The Kier molecular flexibility index (Phi) is 5.93. The summed E-state index contributed by atoms with van der Waals surface area (Å²) in [6.07, 6.45) is 0. The molecule has 0 fully saturated rings. The molecule has 0 saturated heterocycles. The van der Waals surface area contributed by atoms with Crippen molar-refractivity contribution < 1.29 is 17.2 Å². The molecular formula is C15H15F2NO2S2. The summed E-state index contributed by atoms with van der Waals surface area (Å²) in [6, 6.07) is 11.6. The molecule has 22 heavy (non-hydrogen) atoms. The van der Waals surface area contributed by atoms with Crippen molar-refractivity contribution in [1.29, 1.82) is 0 Å². The summed E-state index contributed by atoms with van der Waals surface area (Å²) in [7, 11) is -3.86. The van der Waals surface area contributed by atoms with E-state index in [4.69, 9.17) is 0 Å². The van der Waals surface area contributed by atoms with Crippen LogP contribution >= 0.6 is 11.8 Å². The summed E-state index contributed by atoms with van der Waals surface area (Å²) in [6.45, 7) is 0.149. The third-order valence-corrected chi connectivity index (χ3v) is 5.38. The van der Waals surface area contributed by atoms with E-state index in [1.54, 1.807) is 18.2 Å². The maximum Gasteiger partial charge on any atom is 0.243 e. The van der Waals surface area contributed by atoms with Crippen LogP contribution in [0.4, 0.5) is 8.78 Å². The topological polar surface area (TPSA) is 46.2 Å². The number of benzene rings is 2. The van der Waals surface area contributed by atoms with Crippen LogP contribution in [0.25, 0.3) is 0 Å². The van der Waals surface area contributed by atoms with E-state index in [0.29, 0.717) is 17.1 Å². The van der Waals surface area contributed by atoms with Gasteiger partial charge < -0.3 is 0 Å². The number of halogens is 2. The minimum Gasteiger partial charge on any atom is -0.210 e. The second kappa shape index (κ2) is 7.71. The highest BCUT2D eigenvalue weighted by molar-refractivity contribution is 7.98. The largest absolute Gasteiger partial charge is 0.243 e. The van der Waals surface area contributed by atoms with Gasteiger partial charge in [-0.15, -0.1) is 0 Å². The fraction of sp³-hybridized carbons (Fsp3) is 0.200. The summed E-state index contributed by atoms with van der Waals surface area (Å²) in [4.78, 5) is -0.367. The molecule has 0 unspecified atom stereocenters. The second-order valence-corrected chi connectivity index (χ2v) is 7.31. The van der Waals surface area contributed by atoms with Gasteiger partial charge in [-0.3, -0.25) is 0 Å². The van der Waals surface area contributed by atoms with Gasteiger partial charge in [0.1, 0.15) is 16.5 Å². The van der Waals surface area contributed by atoms with Crippen molar-refractivity contribution in [3.63, 3.8) is 0 Å². The molecule has 118 valence electrons. The summed E-state index contributed by atoms with van der Waals surface area (Å²) in [5.41, 5.74) is 0.574. The number of thioether (sulfide) groups is 1. The van der Waals surface area contributed by atoms with Gasteiger partial charge in [0.05, 0.1) is 0 Å². The van der Waals surface area contributed by atoms with E-state index in [1.807, 2.05) is 0 Å². The lowest BCUT2D eigenvalue weighted by Crippen LogP contribution is -2.26. The summed E-state index contributed by atoms with van der Waals surface area (Å²) >= 11 is 1.40. The quantitative estimate of drug-likeness (QED) is 0.786. The molecule has 0 atom stereocenters. The predicted octanol–water partition coefficient (Wildman–Crippen LogP) is 3.18. The fourth-order valence-corrected chi connectivity index (χ4v) is 3.87. The highest BCUT2D eigenvalue weighted by Gasteiger charge is 2.17. The molecule has 0 aliphatic heterocycles. The van der Waals surface area contributed by atoms with Gasteiger partial charge in [-0.1, -0.05) is 30.3 Å². The normalized spacial score (nSPS) is 11.5. The van der Waals surface area contributed by atoms with E-state index in [2.05, 4.69) is 4.72 Å². The smallest absolute Gasteiger partial charge is 0.210 e. The summed E-state index contributed by atoms with van der Waals surface area (Å²) in [5, 5.41) is 0. The van der Waals surface area contributed by atoms with E-state index < -0.39 is 15.8 Å². The van der Waals surface area contributed by atoms with Gasteiger partial charge in [0.2, 0.25) is 10.0 Å². The monoisotopic (exact) mass is 343 g/mol. The Balaban J connectivity index is 1.82. The zero-order chi connectivity index (χ0) is 16.0. The van der Waals surface area contributed by atoms with Crippen molar-refractivity contribution in [2.24, 2.45) is 0 Å². The first kappa shape index (κ1) is 16.9. The molecule has 0 aliphatic carbocycles. The average molecular weight is 343 g/mol. The zero-order valence-electron chi connectivity index (χ0n) is 11.6. The SMILES string of the molecule is O=S(=O)(NCCSCc1ccccc1F)c1ccccc1F. The number of nitrogens with one attached hydrogen (secondary N) is 1. The van der Waals surface area contributed by atoms with E-state index in [-0.39, 0.29) is 17.3 Å². The Bertz CT molecular complexity index is 736. The molecule has 7 heteroatoms. The van der Waals surface area contributed by atoms with Gasteiger partial charge in [0.25, 0.3) is 0 Å². The molecular weight excluding hydrogens is 328 g/mol. The van der Waals surface area contributed by atoms with Crippen molar-refractivity contribution in [2.45, 2.75) is 10.6 Å². The molecule has 0 aromatic heterocycles. The van der Waals surface area contributed by atoms with Crippen LogP contribution in [0.15, 0.2) is 53.4 Å². The predicted molar refractivity (Wildman–Crippen MR) is 84.2 cm³/mol. The highest BCUT2D eigenvalue weighted by Crippen LogP contribution is 2.16. The Morgan fingerprint density at radius 2 is 1.59 bits per heavy atom. The van der Waals surface area contributed by atoms with Crippen LogP contribution in [0.1, 0.15) is 5.56 Å². The Morgan fingerprint density at radius 1 is 0.955 bits per heavy atom. The lowest BCUT2D eigenvalue weighted by atomic mass is 10.2. The van der Waals surface area contributed by atoms with E-state index >= 15 is 0 Å². The molecule has 0 amide bonds. The van der Waals surface area contributed by atoms with Crippen LogP contribution in [-0.2, 0) is 15.8 Å². The van der Waals surface area contributed by atoms with E-state index in [0.717, 1.165) is 6.07 Å². The van der Waals surface area contributed by atoms with Gasteiger partial charge in [0, 0.05) is 18.1 Å². The molecule has 0 radical (unpaired) electrons. The maximum atomic E-state index is 13.5. The van der Waals surface area contributed by atoms with Gasteiger partial charge in [-0.05, 0) is 23.8 Å². The molecule has 0 heterocycles. The Morgan fingerprint density at radius 3 is 2.27 bits per heavy atom. The molecule has 0 saturated carbocycles. The summed E-state index contributed by atoms with van der Waals surface area (Å²) in [5.74, 6) is -0.146. The Hall–Kier alpha value is -1.44. The van der Waals surface area contributed by atoms with Crippen molar-refractivity contribution in [3.05, 3.63) is 65.7 Å². The minimum atomic E-state index is -3.86. The van der Waals surface area contributed by atoms with Gasteiger partial charge in [0.15, 0.2) is 0 Å². The standard InChI is InChI=1S/C15H15F2NO2S2/c16-13-6-2-1-5-12(13)11-21-10-9-18-22(19,20)15-8-4-3-7-14(15)17/h1-8,18H,9-11H2. The van der Waals surface area contributed by atoms with E-state index in [9.17, 15) is 17.2 Å². The molecule has 1 N–H and O–H groups in total. The minimum absolute atomic E-state index is 0.149. The molecule has 0 spiro atoms. The van der Waals surface area contributed by atoms with Crippen molar-refractivity contribution in [1.82, 2.24) is 4.72 Å². The van der Waals surface area contributed by atoms with Gasteiger partial charge >= 0.3 is 0 Å². The molecule has 2 rings (SSSR count). The number of hydrogen-bond acceptors (Lipinski definition) is 3. The number of sulfonamides is 1. The molecule has 0 aliphatic rings. The van der Waals surface area contributed by atoms with Crippen molar-refractivity contribution in [3.8, 4) is 0 Å². The zero-order valence-corrected chi connectivity index (χ0v) is 13.3. The second-order valence-electron chi connectivity index (χ2n) is 4.47. The van der Waals surface area contributed by atoms with E-state index in [1.165, 1.54) is 36.0 Å². The van der Waals surface area contributed by atoms with Gasteiger partial charge in [-0.2, -0.15) is 11.8 Å². The first-order chi connectivity index (χ1) is 10.5. The number of hydrogen-bond donors (Lipinski definition) is 1. The fourth-order valence-electron chi connectivity index (χ4n) is 1.79. The molecule has 2 aromatic rings. The van der Waals surface area contributed by atoms with Crippen LogP contribution < -0.4 is 4.72 Å². The lowest BCUT2D eigenvalue weighted by Gasteiger charge is -2.07. The van der Waals surface area contributed by atoms with Crippen LogP contribution in [-0.4, -0.2) is 20.7 Å². The van der Waals surface area contributed by atoms with Crippen LogP contribution in [0, 0.1) is 11.6 Å². The maximum absolute atomic E-state index is 13.5. The lowest BCUT2D eigenvalue weighted by molar-refractivity contribution is 0.559. The molecule has 3 nitrogen and oxygen atoms in total. The Labute approximate surface area is 132 Å². The highest BCUT2D eigenvalue weighted by atomic mass is 32.2. The average Bonchev–Trinajstić information content (AvgIpc) is 2.49. The van der Waals surface area contributed by atoms with Gasteiger partial charge in [-0.25, -0.2) is 21.9 Å². The molecule has 2 aromatic carbocycles. The third-order valence-electron chi connectivity index (χ3n) is 2.88. The first-order valence-corrected chi connectivity index (χ1v) is 9.20. The first-order valence-electron chi connectivity index (χ1n) is 6.56. The third kappa shape index (κ3) is 4.53. The van der Waals surface area contributed by atoms with Crippen LogP contribution in [0.3, 0.4) is 0 Å². The molecule has 0 bridgehead atoms. The van der Waals surface area contributed by atoms with Crippen molar-refractivity contribution >= 4 is 21.8 Å².